The fourth-order valence-electron chi connectivity index (χ4n) is 2.86. The second kappa shape index (κ2) is 8.87. The number of carbonyl (C=O) groups excluding carboxylic acids is 1. The minimum Gasteiger partial charge on any atom is -0.463 e. The Morgan fingerprint density at radius 3 is 1.92 bits per heavy atom. The van der Waals surface area contributed by atoms with Crippen LogP contribution in [0.5, 0.6) is 0 Å². The quantitative estimate of drug-likeness (QED) is 0.258. The van der Waals surface area contributed by atoms with Crippen molar-refractivity contribution >= 4 is 5.97 Å². The zero-order valence-corrected chi connectivity index (χ0v) is 14.4. The summed E-state index contributed by atoms with van der Waals surface area (Å²) in [6.07, 6.45) is -13.2. The second-order valence-electron chi connectivity index (χ2n) is 6.50. The highest BCUT2D eigenvalue weighted by molar-refractivity contribution is 5.65. The van der Waals surface area contributed by atoms with E-state index < -0.39 is 67.2 Å². The lowest BCUT2D eigenvalue weighted by Crippen LogP contribution is -2.61. The molecule has 11 nitrogen and oxygen atoms in total. The molecule has 0 amide bonds. The van der Waals surface area contributed by atoms with Crippen molar-refractivity contribution in [3.05, 3.63) is 0 Å². The number of aliphatic hydroxyl groups is 6. The summed E-state index contributed by atoms with van der Waals surface area (Å²) in [5.74, 6) is -0.612. The molecule has 0 aliphatic carbocycles. The molecule has 0 saturated carbocycles. The summed E-state index contributed by atoms with van der Waals surface area (Å²) in [5, 5.41) is 59.2. The van der Waals surface area contributed by atoms with Gasteiger partial charge >= 0.3 is 5.97 Å². The van der Waals surface area contributed by atoms with Gasteiger partial charge in [0, 0.05) is 6.92 Å². The van der Waals surface area contributed by atoms with E-state index in [1.807, 2.05) is 0 Å². The third-order valence-electron chi connectivity index (χ3n) is 4.50. The average molecular weight is 382 g/mol. The van der Waals surface area contributed by atoms with E-state index in [0.717, 1.165) is 6.92 Å². The van der Waals surface area contributed by atoms with Gasteiger partial charge in [-0.1, -0.05) is 0 Å². The van der Waals surface area contributed by atoms with Crippen LogP contribution >= 0.6 is 0 Å². The summed E-state index contributed by atoms with van der Waals surface area (Å²) in [5.41, 5.74) is 0. The molecule has 0 aromatic heterocycles. The van der Waals surface area contributed by atoms with E-state index in [9.17, 15) is 35.4 Å². The van der Waals surface area contributed by atoms with Crippen LogP contribution < -0.4 is 0 Å². The number of hydrogen-bond donors (Lipinski definition) is 6. The Balaban J connectivity index is 1.95. The summed E-state index contributed by atoms with van der Waals surface area (Å²) < 4.78 is 20.8. The second-order valence-corrected chi connectivity index (χ2v) is 6.50. The van der Waals surface area contributed by atoms with Gasteiger partial charge in [-0.2, -0.15) is 0 Å². The first-order valence-corrected chi connectivity index (χ1v) is 8.27. The number of ether oxygens (including phenoxy) is 4. The van der Waals surface area contributed by atoms with Crippen molar-refractivity contribution < 1.29 is 54.4 Å². The molecule has 0 radical (unpaired) electrons. The van der Waals surface area contributed by atoms with Crippen molar-refractivity contribution in [2.24, 2.45) is 0 Å². The molecule has 5 unspecified atom stereocenters. The van der Waals surface area contributed by atoms with Gasteiger partial charge in [-0.3, -0.25) is 4.79 Å². The summed E-state index contributed by atoms with van der Waals surface area (Å²) >= 11 is 0. The lowest BCUT2D eigenvalue weighted by atomic mass is 9.96. The third kappa shape index (κ3) is 4.68. The van der Waals surface area contributed by atoms with E-state index in [1.54, 1.807) is 0 Å². The van der Waals surface area contributed by atoms with E-state index >= 15 is 0 Å². The molecular weight excluding hydrogens is 356 g/mol. The van der Waals surface area contributed by atoms with E-state index in [2.05, 4.69) is 0 Å². The Kier molecular flexibility index (Phi) is 7.30. The summed E-state index contributed by atoms with van der Waals surface area (Å²) in [6.45, 7) is 1.98. The molecule has 0 aromatic carbocycles. The maximum absolute atomic E-state index is 10.9. The SMILES string of the molecule is CC(=O)OCC1O[C@H](OCC2OC(C)[C@@H](O)C(O)[C@@H]2O)[C@@H](O)C(O)[C@H]1O. The Bertz CT molecular complexity index is 475. The lowest BCUT2D eigenvalue weighted by Gasteiger charge is -2.42. The summed E-state index contributed by atoms with van der Waals surface area (Å²) in [4.78, 5) is 10.9. The van der Waals surface area contributed by atoms with Crippen molar-refractivity contribution in [3.63, 3.8) is 0 Å². The van der Waals surface area contributed by atoms with Crippen molar-refractivity contribution in [2.75, 3.05) is 13.2 Å². The topological polar surface area (TPSA) is 175 Å². The minimum absolute atomic E-state index is 0.333. The van der Waals surface area contributed by atoms with Gasteiger partial charge in [0.25, 0.3) is 0 Å². The van der Waals surface area contributed by atoms with Crippen LogP contribution in [0.3, 0.4) is 0 Å². The molecule has 2 saturated heterocycles. The first kappa shape index (κ1) is 21.4. The lowest BCUT2D eigenvalue weighted by molar-refractivity contribution is -0.314. The van der Waals surface area contributed by atoms with Gasteiger partial charge in [-0.25, -0.2) is 0 Å². The molecule has 26 heavy (non-hydrogen) atoms. The van der Waals surface area contributed by atoms with Gasteiger partial charge in [-0.05, 0) is 6.92 Å². The molecule has 2 aliphatic heterocycles. The van der Waals surface area contributed by atoms with E-state index in [-0.39, 0.29) is 13.2 Å². The molecule has 2 heterocycles. The van der Waals surface area contributed by atoms with Crippen molar-refractivity contribution in [2.45, 2.75) is 75.1 Å². The molecule has 6 N–H and O–H groups in total. The largest absolute Gasteiger partial charge is 0.463 e. The van der Waals surface area contributed by atoms with Gasteiger partial charge in [0.15, 0.2) is 6.29 Å². The van der Waals surface area contributed by atoms with E-state index in [1.165, 1.54) is 6.92 Å². The van der Waals surface area contributed by atoms with Crippen LogP contribution in [0, 0.1) is 0 Å². The Morgan fingerprint density at radius 2 is 1.35 bits per heavy atom. The van der Waals surface area contributed by atoms with Crippen LogP contribution in [0.4, 0.5) is 0 Å². The molecule has 2 aliphatic rings. The predicted octanol–water partition coefficient (Wildman–Crippen LogP) is -3.76. The normalized spacial score (nSPS) is 46.8. The molecule has 10 atom stereocenters. The Labute approximate surface area is 149 Å². The molecular formula is C15H26O11. The van der Waals surface area contributed by atoms with Crippen LogP contribution in [-0.2, 0) is 23.7 Å². The first-order valence-electron chi connectivity index (χ1n) is 8.27. The Morgan fingerprint density at radius 1 is 0.808 bits per heavy atom. The van der Waals surface area contributed by atoms with E-state index in [0.29, 0.717) is 0 Å². The van der Waals surface area contributed by atoms with Crippen LogP contribution in [-0.4, -0.2) is 111 Å². The number of carbonyl (C=O) groups is 1. The van der Waals surface area contributed by atoms with Gasteiger partial charge < -0.3 is 49.6 Å². The molecule has 152 valence electrons. The van der Waals surface area contributed by atoms with Crippen LogP contribution in [0.15, 0.2) is 0 Å². The Hall–Kier alpha value is -0.890. The molecule has 2 fully saturated rings. The van der Waals surface area contributed by atoms with Crippen LogP contribution in [0.25, 0.3) is 0 Å². The highest BCUT2D eigenvalue weighted by atomic mass is 16.7. The molecule has 2 rings (SSSR count). The minimum atomic E-state index is -1.61. The zero-order chi connectivity index (χ0) is 19.6. The molecule has 0 bridgehead atoms. The van der Waals surface area contributed by atoms with E-state index in [4.69, 9.17) is 18.9 Å². The molecule has 0 aromatic rings. The fourth-order valence-corrected chi connectivity index (χ4v) is 2.86. The first-order chi connectivity index (χ1) is 12.1. The van der Waals surface area contributed by atoms with Gasteiger partial charge in [0.1, 0.15) is 55.4 Å². The van der Waals surface area contributed by atoms with Gasteiger partial charge in [-0.15, -0.1) is 0 Å². The highest BCUT2D eigenvalue weighted by Gasteiger charge is 2.46. The molecule has 0 spiro atoms. The van der Waals surface area contributed by atoms with Gasteiger partial charge in [0.05, 0.1) is 12.7 Å². The number of hydrogen-bond acceptors (Lipinski definition) is 11. The third-order valence-corrected chi connectivity index (χ3v) is 4.50. The maximum Gasteiger partial charge on any atom is 0.302 e. The van der Waals surface area contributed by atoms with Gasteiger partial charge in [0.2, 0.25) is 0 Å². The smallest absolute Gasteiger partial charge is 0.302 e. The predicted molar refractivity (Wildman–Crippen MR) is 81.6 cm³/mol. The van der Waals surface area contributed by atoms with Crippen molar-refractivity contribution in [1.82, 2.24) is 0 Å². The molecule has 11 heteroatoms. The van der Waals surface area contributed by atoms with Crippen LogP contribution in [0.1, 0.15) is 13.8 Å². The zero-order valence-electron chi connectivity index (χ0n) is 14.4. The number of aliphatic hydroxyl groups excluding tert-OH is 6. The fraction of sp³-hybridized carbons (Fsp3) is 0.933. The maximum atomic E-state index is 10.9. The van der Waals surface area contributed by atoms with Crippen molar-refractivity contribution in [1.29, 1.82) is 0 Å². The number of rotatable bonds is 5. The standard InChI is InChI=1S/C15H26O11/c1-5-9(17)12(20)10(18)7(25-5)4-24-15-14(22)13(21)11(19)8(26-15)3-23-6(2)16/h5,7-15,17-22H,3-4H2,1-2H3/t5?,7?,8?,9-,10-,11+,12?,13?,14+,15+/m1/s1. The highest BCUT2D eigenvalue weighted by Crippen LogP contribution is 2.25. The number of esters is 1. The van der Waals surface area contributed by atoms with Crippen LogP contribution in [0.2, 0.25) is 0 Å². The monoisotopic (exact) mass is 382 g/mol. The summed E-state index contributed by atoms with van der Waals surface area (Å²) in [7, 11) is 0. The average Bonchev–Trinajstić information content (AvgIpc) is 2.60. The summed E-state index contributed by atoms with van der Waals surface area (Å²) in [6, 6.07) is 0. The van der Waals surface area contributed by atoms with Crippen molar-refractivity contribution in [3.8, 4) is 0 Å².